The Kier molecular flexibility index (Phi) is 6.66. The molecule has 3 aromatic rings. The van der Waals surface area contributed by atoms with Crippen molar-refractivity contribution in [1.82, 2.24) is 14.5 Å². The van der Waals surface area contributed by atoms with Gasteiger partial charge >= 0.3 is 6.36 Å². The number of nitriles is 1. The second kappa shape index (κ2) is 9.40. The van der Waals surface area contributed by atoms with E-state index in [9.17, 15) is 23.2 Å². The number of pyridine rings is 2. The minimum Gasteiger partial charge on any atom is -0.404 e. The smallest absolute Gasteiger partial charge is 0.404 e. The summed E-state index contributed by atoms with van der Waals surface area (Å²) >= 11 is 6.02. The summed E-state index contributed by atoms with van der Waals surface area (Å²) in [5.74, 6) is -0.434. The number of hydrogen-bond acceptors (Lipinski definition) is 6. The standard InChI is InChI=1S/C24H23ClF3N5O2/c1-14-12-33(20-9-22(34)31(3)19-6-5-17(10-29)30-23(19)20)15(2)11-32(14)13-16-4-7-21(18(25)8-16)35-24(26,27)28/h4-9,14-15H,11-13H2,1-3H3/t14-,15-/m0/s1. The monoisotopic (exact) mass is 505 g/mol. The Hall–Kier alpha value is -3.29. The number of fused-ring (bicyclic) bond motifs is 1. The van der Waals surface area contributed by atoms with Gasteiger partial charge in [-0.05, 0) is 43.7 Å². The van der Waals surface area contributed by atoms with Gasteiger partial charge in [-0.15, -0.1) is 13.2 Å². The van der Waals surface area contributed by atoms with Gasteiger partial charge in [-0.1, -0.05) is 17.7 Å². The minimum absolute atomic E-state index is 0.00245. The van der Waals surface area contributed by atoms with Crippen molar-refractivity contribution in [2.24, 2.45) is 7.05 Å². The molecular weight excluding hydrogens is 483 g/mol. The Bertz CT molecular complexity index is 1370. The zero-order valence-electron chi connectivity index (χ0n) is 19.3. The van der Waals surface area contributed by atoms with E-state index in [1.807, 2.05) is 13.8 Å². The molecule has 7 nitrogen and oxygen atoms in total. The molecule has 0 spiro atoms. The molecule has 1 aliphatic rings. The fourth-order valence-corrected chi connectivity index (χ4v) is 4.67. The van der Waals surface area contributed by atoms with Gasteiger partial charge in [0.25, 0.3) is 5.56 Å². The highest BCUT2D eigenvalue weighted by Gasteiger charge is 2.33. The van der Waals surface area contributed by atoms with Gasteiger partial charge in [0.2, 0.25) is 0 Å². The molecule has 3 heterocycles. The first-order valence-corrected chi connectivity index (χ1v) is 11.3. The third kappa shape index (κ3) is 5.21. The first kappa shape index (κ1) is 24.8. The fraction of sp³-hybridized carbons (Fsp3) is 0.375. The number of nitrogens with zero attached hydrogens (tertiary/aromatic N) is 5. The normalized spacial score (nSPS) is 19.1. The quantitative estimate of drug-likeness (QED) is 0.521. The number of aromatic nitrogens is 2. The van der Waals surface area contributed by atoms with E-state index in [1.165, 1.54) is 16.7 Å². The first-order chi connectivity index (χ1) is 16.5. The van der Waals surface area contributed by atoms with Crippen LogP contribution in [0.3, 0.4) is 0 Å². The molecule has 1 aromatic carbocycles. The van der Waals surface area contributed by atoms with Crippen LogP contribution in [0.5, 0.6) is 5.75 Å². The molecule has 2 atom stereocenters. The van der Waals surface area contributed by atoms with E-state index in [0.29, 0.717) is 36.4 Å². The topological polar surface area (TPSA) is 74.4 Å². The first-order valence-electron chi connectivity index (χ1n) is 10.9. The highest BCUT2D eigenvalue weighted by atomic mass is 35.5. The van der Waals surface area contributed by atoms with Crippen LogP contribution >= 0.6 is 11.6 Å². The van der Waals surface area contributed by atoms with E-state index in [0.717, 1.165) is 5.56 Å². The highest BCUT2D eigenvalue weighted by molar-refractivity contribution is 6.32. The second-order valence-electron chi connectivity index (χ2n) is 8.70. The van der Waals surface area contributed by atoms with Gasteiger partial charge in [-0.2, -0.15) is 5.26 Å². The predicted molar refractivity (Wildman–Crippen MR) is 127 cm³/mol. The number of hydrogen-bond donors (Lipinski definition) is 0. The van der Waals surface area contributed by atoms with Gasteiger partial charge in [0, 0.05) is 44.8 Å². The van der Waals surface area contributed by atoms with E-state index in [4.69, 9.17) is 11.6 Å². The Labute approximate surface area is 204 Å². The maximum absolute atomic E-state index is 12.6. The molecule has 2 aromatic heterocycles. The molecule has 11 heteroatoms. The molecule has 0 radical (unpaired) electrons. The lowest BCUT2D eigenvalue weighted by atomic mass is 10.0. The number of halogens is 4. The van der Waals surface area contributed by atoms with Crippen molar-refractivity contribution in [3.63, 3.8) is 0 Å². The molecule has 0 aliphatic carbocycles. The average Bonchev–Trinajstić information content (AvgIpc) is 2.79. The van der Waals surface area contributed by atoms with Gasteiger partial charge < -0.3 is 14.2 Å². The van der Waals surface area contributed by atoms with E-state index >= 15 is 0 Å². The van der Waals surface area contributed by atoms with Crippen LogP contribution < -0.4 is 15.2 Å². The molecule has 1 aliphatic heterocycles. The molecule has 0 N–H and O–H groups in total. The molecular formula is C24H23ClF3N5O2. The minimum atomic E-state index is -4.81. The van der Waals surface area contributed by atoms with Gasteiger partial charge in [-0.3, -0.25) is 9.69 Å². The van der Waals surface area contributed by atoms with E-state index in [1.54, 1.807) is 31.3 Å². The van der Waals surface area contributed by atoms with Crippen molar-refractivity contribution in [3.8, 4) is 11.8 Å². The Morgan fingerprint density at radius 2 is 1.91 bits per heavy atom. The van der Waals surface area contributed by atoms with Crippen LogP contribution in [0.15, 0.2) is 41.2 Å². The zero-order valence-corrected chi connectivity index (χ0v) is 20.1. The van der Waals surface area contributed by atoms with Gasteiger partial charge in [0.1, 0.15) is 23.0 Å². The van der Waals surface area contributed by atoms with Gasteiger partial charge in [-0.25, -0.2) is 4.98 Å². The van der Waals surface area contributed by atoms with Crippen LogP contribution in [0.4, 0.5) is 18.9 Å². The van der Waals surface area contributed by atoms with Crippen LogP contribution in [-0.4, -0.2) is 46.0 Å². The Morgan fingerprint density at radius 3 is 2.57 bits per heavy atom. The maximum Gasteiger partial charge on any atom is 0.573 e. The van der Waals surface area contributed by atoms with Crippen LogP contribution in [0.25, 0.3) is 11.0 Å². The van der Waals surface area contributed by atoms with E-state index in [-0.39, 0.29) is 28.4 Å². The molecule has 4 rings (SSSR count). The maximum atomic E-state index is 12.6. The summed E-state index contributed by atoms with van der Waals surface area (Å²) < 4.78 is 43.0. The van der Waals surface area contributed by atoms with Crippen LogP contribution in [-0.2, 0) is 13.6 Å². The largest absolute Gasteiger partial charge is 0.573 e. The highest BCUT2D eigenvalue weighted by Crippen LogP contribution is 2.33. The Morgan fingerprint density at radius 1 is 1.17 bits per heavy atom. The van der Waals surface area contributed by atoms with Crippen molar-refractivity contribution in [2.75, 3.05) is 18.0 Å². The van der Waals surface area contributed by atoms with Gasteiger partial charge in [0.05, 0.1) is 16.2 Å². The third-order valence-electron chi connectivity index (χ3n) is 6.22. The fourth-order valence-electron chi connectivity index (χ4n) is 4.43. The number of alkyl halides is 3. The van der Waals surface area contributed by atoms with Gasteiger partial charge in [0.15, 0.2) is 0 Å². The van der Waals surface area contributed by atoms with Crippen LogP contribution in [0.2, 0.25) is 5.02 Å². The summed E-state index contributed by atoms with van der Waals surface area (Å²) in [6.07, 6.45) is -4.81. The lowest BCUT2D eigenvalue weighted by Crippen LogP contribution is -2.56. The molecule has 0 amide bonds. The molecule has 184 valence electrons. The van der Waals surface area contributed by atoms with E-state index < -0.39 is 12.1 Å². The van der Waals surface area contributed by atoms with E-state index in [2.05, 4.69) is 25.6 Å². The number of rotatable bonds is 4. The van der Waals surface area contributed by atoms with Crippen molar-refractivity contribution < 1.29 is 17.9 Å². The number of aryl methyl sites for hydroxylation is 1. The Balaban J connectivity index is 1.58. The van der Waals surface area contributed by atoms with Crippen molar-refractivity contribution >= 4 is 28.3 Å². The number of benzene rings is 1. The summed E-state index contributed by atoms with van der Waals surface area (Å²) in [6.45, 7) is 5.78. The summed E-state index contributed by atoms with van der Waals surface area (Å²) in [4.78, 5) is 21.4. The van der Waals surface area contributed by atoms with Crippen molar-refractivity contribution in [1.29, 1.82) is 5.26 Å². The SMILES string of the molecule is C[C@H]1CN(c2cc(=O)n(C)c3ccc(C#N)nc23)[C@@H](C)CN1Cc1ccc(OC(F)(F)F)c(Cl)c1. The third-order valence-corrected chi connectivity index (χ3v) is 6.51. The molecule has 1 fully saturated rings. The summed E-state index contributed by atoms with van der Waals surface area (Å²) in [6, 6.07) is 11.2. The number of ether oxygens (including phenoxy) is 1. The average molecular weight is 506 g/mol. The van der Waals surface area contributed by atoms with Crippen LogP contribution in [0.1, 0.15) is 25.1 Å². The lowest BCUT2D eigenvalue weighted by molar-refractivity contribution is -0.274. The lowest BCUT2D eigenvalue weighted by Gasteiger charge is -2.45. The van der Waals surface area contributed by atoms with Crippen molar-refractivity contribution in [2.45, 2.75) is 38.8 Å². The summed E-state index contributed by atoms with van der Waals surface area (Å²) in [5, 5.41) is 9.20. The molecule has 0 saturated carbocycles. The zero-order chi connectivity index (χ0) is 25.5. The predicted octanol–water partition coefficient (Wildman–Crippen LogP) is 4.46. The number of anilines is 1. The second-order valence-corrected chi connectivity index (χ2v) is 9.10. The molecule has 1 saturated heterocycles. The molecule has 0 unspecified atom stereocenters. The molecule has 0 bridgehead atoms. The summed E-state index contributed by atoms with van der Waals surface area (Å²) in [5.41, 5.74) is 2.77. The van der Waals surface area contributed by atoms with Crippen molar-refractivity contribution in [3.05, 3.63) is 63.0 Å². The van der Waals surface area contributed by atoms with Crippen LogP contribution in [0, 0.1) is 11.3 Å². The molecule has 35 heavy (non-hydrogen) atoms. The number of piperazine rings is 1. The summed E-state index contributed by atoms with van der Waals surface area (Å²) in [7, 11) is 1.67.